The van der Waals surface area contributed by atoms with Crippen molar-refractivity contribution in [3.8, 4) is 0 Å². The Morgan fingerprint density at radius 3 is 2.85 bits per heavy atom. The highest BCUT2D eigenvalue weighted by Gasteiger charge is 2.16. The first-order chi connectivity index (χ1) is 6.27. The fraction of sp³-hybridized carbons (Fsp3) is 0.600. The molecule has 13 heavy (non-hydrogen) atoms. The molecule has 0 radical (unpaired) electrons. The maximum Gasteiger partial charge on any atom is 0.105 e. The van der Waals surface area contributed by atoms with Crippen LogP contribution in [0.5, 0.6) is 0 Å². The first kappa shape index (κ1) is 10.3. The first-order valence-corrected chi connectivity index (χ1v) is 4.50. The van der Waals surface area contributed by atoms with Crippen molar-refractivity contribution in [1.29, 1.82) is 0 Å². The lowest BCUT2D eigenvalue weighted by Crippen LogP contribution is -2.38. The number of furan rings is 1. The van der Waals surface area contributed by atoms with E-state index in [1.165, 1.54) is 0 Å². The molecule has 0 aliphatic carbocycles. The molecule has 0 spiro atoms. The molecule has 2 unspecified atom stereocenters. The van der Waals surface area contributed by atoms with E-state index in [0.29, 0.717) is 6.04 Å². The van der Waals surface area contributed by atoms with Gasteiger partial charge in [0, 0.05) is 19.6 Å². The summed E-state index contributed by atoms with van der Waals surface area (Å²) in [6, 6.07) is 4.18. The van der Waals surface area contributed by atoms with E-state index in [-0.39, 0.29) is 6.10 Å². The van der Waals surface area contributed by atoms with E-state index < -0.39 is 0 Å². The molecule has 1 aromatic heterocycles. The Morgan fingerprint density at radius 1 is 1.62 bits per heavy atom. The van der Waals surface area contributed by atoms with Gasteiger partial charge in [0.15, 0.2) is 0 Å². The van der Waals surface area contributed by atoms with E-state index >= 15 is 0 Å². The maximum atomic E-state index is 5.26. The van der Waals surface area contributed by atoms with Crippen LogP contribution in [-0.2, 0) is 11.2 Å². The zero-order valence-corrected chi connectivity index (χ0v) is 8.41. The normalized spacial score (nSPS) is 15.6. The zero-order chi connectivity index (χ0) is 9.68. The minimum absolute atomic E-state index is 0.190. The number of rotatable bonds is 5. The van der Waals surface area contributed by atoms with Gasteiger partial charge in [-0.3, -0.25) is 0 Å². The lowest BCUT2D eigenvalue weighted by atomic mass is 10.1. The average molecular weight is 183 g/mol. The summed E-state index contributed by atoms with van der Waals surface area (Å²) in [4.78, 5) is 0. The van der Waals surface area contributed by atoms with Gasteiger partial charge in [0.05, 0.1) is 12.4 Å². The lowest BCUT2D eigenvalue weighted by Gasteiger charge is -2.21. The van der Waals surface area contributed by atoms with Crippen LogP contribution in [0, 0.1) is 0 Å². The molecule has 3 heteroatoms. The number of hydrogen-bond donors (Lipinski definition) is 1. The molecule has 2 atom stereocenters. The molecule has 0 fully saturated rings. The molecule has 0 aliphatic heterocycles. The van der Waals surface area contributed by atoms with Crippen molar-refractivity contribution in [2.75, 3.05) is 14.2 Å². The van der Waals surface area contributed by atoms with E-state index in [1.54, 1.807) is 13.4 Å². The second-order valence-electron chi connectivity index (χ2n) is 3.12. The van der Waals surface area contributed by atoms with Gasteiger partial charge in [0.25, 0.3) is 0 Å². The van der Waals surface area contributed by atoms with Gasteiger partial charge in [0.1, 0.15) is 5.76 Å². The smallest absolute Gasteiger partial charge is 0.105 e. The molecule has 1 aromatic rings. The summed E-state index contributed by atoms with van der Waals surface area (Å²) in [6.07, 6.45) is 2.74. The van der Waals surface area contributed by atoms with E-state index in [2.05, 4.69) is 5.32 Å². The summed E-state index contributed by atoms with van der Waals surface area (Å²) < 4.78 is 10.5. The van der Waals surface area contributed by atoms with E-state index in [0.717, 1.165) is 12.2 Å². The van der Waals surface area contributed by atoms with E-state index in [4.69, 9.17) is 9.15 Å². The molecule has 1 N–H and O–H groups in total. The van der Waals surface area contributed by atoms with Gasteiger partial charge in [-0.05, 0) is 26.1 Å². The highest BCUT2D eigenvalue weighted by atomic mass is 16.5. The van der Waals surface area contributed by atoms with Crippen LogP contribution in [0.1, 0.15) is 12.7 Å². The Labute approximate surface area is 79.1 Å². The lowest BCUT2D eigenvalue weighted by molar-refractivity contribution is 0.0839. The Morgan fingerprint density at radius 2 is 2.38 bits per heavy atom. The van der Waals surface area contributed by atoms with Crippen LogP contribution in [0.3, 0.4) is 0 Å². The number of methoxy groups -OCH3 is 1. The molecule has 0 bridgehead atoms. The van der Waals surface area contributed by atoms with Gasteiger partial charge < -0.3 is 14.5 Å². The quantitative estimate of drug-likeness (QED) is 0.750. The molecular weight excluding hydrogens is 166 g/mol. The van der Waals surface area contributed by atoms with Crippen LogP contribution in [0.25, 0.3) is 0 Å². The minimum atomic E-state index is 0.190. The third kappa shape index (κ3) is 2.86. The van der Waals surface area contributed by atoms with Crippen molar-refractivity contribution < 1.29 is 9.15 Å². The van der Waals surface area contributed by atoms with Crippen LogP contribution in [-0.4, -0.2) is 26.3 Å². The minimum Gasteiger partial charge on any atom is -0.469 e. The van der Waals surface area contributed by atoms with Crippen molar-refractivity contribution in [2.45, 2.75) is 25.5 Å². The summed E-state index contributed by atoms with van der Waals surface area (Å²) in [5.41, 5.74) is 0. The van der Waals surface area contributed by atoms with E-state index in [9.17, 15) is 0 Å². The molecule has 1 rings (SSSR count). The monoisotopic (exact) mass is 183 g/mol. The standard InChI is InChI=1S/C10H17NO2/c1-8(12-3)10(11-2)7-9-5-4-6-13-9/h4-6,8,10-11H,7H2,1-3H3. The molecule has 0 aromatic carbocycles. The topological polar surface area (TPSA) is 34.4 Å². The van der Waals surface area contributed by atoms with Gasteiger partial charge in [0.2, 0.25) is 0 Å². The van der Waals surface area contributed by atoms with Crippen LogP contribution in [0.15, 0.2) is 22.8 Å². The molecule has 0 aliphatic rings. The molecule has 0 saturated carbocycles. The van der Waals surface area contributed by atoms with Crippen molar-refractivity contribution in [3.63, 3.8) is 0 Å². The molecule has 0 saturated heterocycles. The van der Waals surface area contributed by atoms with Crippen molar-refractivity contribution in [1.82, 2.24) is 5.32 Å². The van der Waals surface area contributed by atoms with Crippen LogP contribution in [0.4, 0.5) is 0 Å². The SMILES string of the molecule is CNC(Cc1ccco1)C(C)OC. The Hall–Kier alpha value is -0.800. The van der Waals surface area contributed by atoms with Gasteiger partial charge in [-0.15, -0.1) is 0 Å². The number of hydrogen-bond acceptors (Lipinski definition) is 3. The summed E-state index contributed by atoms with van der Waals surface area (Å²) in [6.45, 7) is 2.05. The summed E-state index contributed by atoms with van der Waals surface area (Å²) in [5, 5.41) is 3.21. The highest BCUT2D eigenvalue weighted by Crippen LogP contribution is 2.08. The third-order valence-corrected chi connectivity index (χ3v) is 2.31. The van der Waals surface area contributed by atoms with Crippen molar-refractivity contribution >= 4 is 0 Å². The highest BCUT2D eigenvalue weighted by molar-refractivity contribution is 5.01. The second kappa shape index (κ2) is 5.04. The van der Waals surface area contributed by atoms with Gasteiger partial charge in [-0.1, -0.05) is 0 Å². The number of ether oxygens (including phenoxy) is 1. The van der Waals surface area contributed by atoms with Crippen LogP contribution < -0.4 is 5.32 Å². The molecule has 74 valence electrons. The molecule has 0 amide bonds. The summed E-state index contributed by atoms with van der Waals surface area (Å²) in [7, 11) is 3.65. The third-order valence-electron chi connectivity index (χ3n) is 2.31. The Balaban J connectivity index is 2.49. The zero-order valence-electron chi connectivity index (χ0n) is 8.41. The van der Waals surface area contributed by atoms with E-state index in [1.807, 2.05) is 26.1 Å². The maximum absolute atomic E-state index is 5.26. The predicted molar refractivity (Wildman–Crippen MR) is 51.7 cm³/mol. The van der Waals surface area contributed by atoms with Crippen molar-refractivity contribution in [2.24, 2.45) is 0 Å². The van der Waals surface area contributed by atoms with Gasteiger partial charge in [-0.25, -0.2) is 0 Å². The molecular formula is C10H17NO2. The molecule has 1 heterocycles. The number of nitrogens with one attached hydrogen (secondary N) is 1. The van der Waals surface area contributed by atoms with Crippen molar-refractivity contribution in [3.05, 3.63) is 24.2 Å². The van der Waals surface area contributed by atoms with Crippen LogP contribution >= 0.6 is 0 Å². The second-order valence-corrected chi connectivity index (χ2v) is 3.12. The summed E-state index contributed by atoms with van der Waals surface area (Å²) >= 11 is 0. The fourth-order valence-corrected chi connectivity index (χ4v) is 1.31. The Bertz CT molecular complexity index is 221. The molecule has 3 nitrogen and oxygen atoms in total. The average Bonchev–Trinajstić information content (AvgIpc) is 2.65. The Kier molecular flexibility index (Phi) is 3.99. The van der Waals surface area contributed by atoms with Crippen LogP contribution in [0.2, 0.25) is 0 Å². The summed E-state index contributed by atoms with van der Waals surface area (Å²) in [5.74, 6) is 0.989. The predicted octanol–water partition coefficient (Wildman–Crippen LogP) is 1.44. The fourth-order valence-electron chi connectivity index (χ4n) is 1.31. The van der Waals surface area contributed by atoms with Gasteiger partial charge in [-0.2, -0.15) is 0 Å². The first-order valence-electron chi connectivity index (χ1n) is 4.50. The van der Waals surface area contributed by atoms with Gasteiger partial charge >= 0.3 is 0 Å². The largest absolute Gasteiger partial charge is 0.469 e. The number of likely N-dealkylation sites (N-methyl/N-ethyl adjacent to an activating group) is 1.